The molecule has 0 heterocycles. The average Bonchev–Trinajstić information content (AvgIpc) is 2.06. The lowest BCUT2D eigenvalue weighted by atomic mass is 10.1. The highest BCUT2D eigenvalue weighted by atomic mass is 16.5. The first-order valence-corrected chi connectivity index (χ1v) is 4.55. The molecule has 1 unspecified atom stereocenters. The Morgan fingerprint density at radius 3 is 2.67 bits per heavy atom. The second-order valence-electron chi connectivity index (χ2n) is 2.86. The molecule has 72 valence electrons. The summed E-state index contributed by atoms with van der Waals surface area (Å²) in [5, 5.41) is 8.53. The first kappa shape index (κ1) is 11.4. The summed E-state index contributed by atoms with van der Waals surface area (Å²) in [6.45, 7) is 2.80. The largest absolute Gasteiger partial charge is 0.465 e. The molecule has 0 fully saturated rings. The number of hydrogen-bond acceptors (Lipinski definition) is 3. The van der Waals surface area contributed by atoms with Gasteiger partial charge in [0.15, 0.2) is 0 Å². The van der Waals surface area contributed by atoms with E-state index >= 15 is 0 Å². The fourth-order valence-corrected chi connectivity index (χ4v) is 1.16. The van der Waals surface area contributed by atoms with Gasteiger partial charge in [-0.05, 0) is 25.7 Å². The Kier molecular flexibility index (Phi) is 8.12. The Balaban J connectivity index is 3.40. The smallest absolute Gasteiger partial charge is 0.293 e. The molecule has 0 radical (unpaired) electrons. The van der Waals surface area contributed by atoms with Crippen LogP contribution in [0.25, 0.3) is 0 Å². The van der Waals surface area contributed by atoms with E-state index in [-0.39, 0.29) is 12.7 Å². The summed E-state index contributed by atoms with van der Waals surface area (Å²) < 4.78 is 4.87. The van der Waals surface area contributed by atoms with E-state index in [9.17, 15) is 4.79 Å². The summed E-state index contributed by atoms with van der Waals surface area (Å²) in [4.78, 5) is 10.1. The van der Waals surface area contributed by atoms with Crippen molar-refractivity contribution >= 4 is 6.47 Å². The minimum atomic E-state index is 0.0547. The van der Waals surface area contributed by atoms with E-state index in [1.54, 1.807) is 0 Å². The molecule has 0 aliphatic rings. The monoisotopic (exact) mass is 174 g/mol. The minimum absolute atomic E-state index is 0.0547. The molecule has 0 saturated heterocycles. The Morgan fingerprint density at radius 2 is 2.17 bits per heavy atom. The molecule has 0 aromatic heterocycles. The van der Waals surface area contributed by atoms with Gasteiger partial charge < -0.3 is 9.84 Å². The van der Waals surface area contributed by atoms with Crippen LogP contribution in [0.15, 0.2) is 0 Å². The molecule has 0 saturated carbocycles. The van der Waals surface area contributed by atoms with Gasteiger partial charge in [-0.15, -0.1) is 0 Å². The van der Waals surface area contributed by atoms with Crippen molar-refractivity contribution in [2.75, 3.05) is 6.61 Å². The van der Waals surface area contributed by atoms with Crippen molar-refractivity contribution in [2.45, 2.75) is 45.1 Å². The molecule has 0 aromatic rings. The third-order valence-electron chi connectivity index (χ3n) is 1.79. The van der Waals surface area contributed by atoms with E-state index in [4.69, 9.17) is 9.84 Å². The van der Waals surface area contributed by atoms with Crippen molar-refractivity contribution < 1.29 is 14.6 Å². The lowest BCUT2D eigenvalue weighted by Gasteiger charge is -2.13. The van der Waals surface area contributed by atoms with E-state index in [2.05, 4.69) is 6.92 Å². The fraction of sp³-hybridized carbons (Fsp3) is 0.889. The number of aliphatic hydroxyl groups excluding tert-OH is 1. The van der Waals surface area contributed by atoms with E-state index < -0.39 is 0 Å². The summed E-state index contributed by atoms with van der Waals surface area (Å²) in [6, 6.07) is 0. The molecule has 0 spiro atoms. The molecule has 0 bridgehead atoms. The van der Waals surface area contributed by atoms with Gasteiger partial charge in [0, 0.05) is 6.61 Å². The summed E-state index contributed by atoms with van der Waals surface area (Å²) in [6.07, 6.45) is 4.59. The molecule has 0 aromatic carbocycles. The number of unbranched alkanes of at least 4 members (excludes halogenated alkanes) is 1. The summed E-state index contributed by atoms with van der Waals surface area (Å²) >= 11 is 0. The molecule has 1 atom stereocenters. The topological polar surface area (TPSA) is 46.5 Å². The van der Waals surface area contributed by atoms with Crippen LogP contribution in [0, 0.1) is 0 Å². The van der Waals surface area contributed by atoms with E-state index in [1.807, 2.05) is 0 Å². The molecule has 3 heteroatoms. The zero-order chi connectivity index (χ0) is 9.23. The normalized spacial score (nSPS) is 12.5. The van der Waals surface area contributed by atoms with Crippen molar-refractivity contribution in [1.29, 1.82) is 0 Å². The van der Waals surface area contributed by atoms with Gasteiger partial charge in [0.25, 0.3) is 6.47 Å². The van der Waals surface area contributed by atoms with Gasteiger partial charge in [0.1, 0.15) is 6.10 Å². The number of carbonyl (C=O) groups is 1. The van der Waals surface area contributed by atoms with E-state index in [1.165, 1.54) is 0 Å². The average molecular weight is 174 g/mol. The standard InChI is InChI=1S/C9H18O3/c1-2-5-9(12-8-11)6-3-4-7-10/h8-10H,2-7H2,1H3. The van der Waals surface area contributed by atoms with Crippen LogP contribution in [-0.2, 0) is 9.53 Å². The van der Waals surface area contributed by atoms with Gasteiger partial charge in [-0.2, -0.15) is 0 Å². The number of aliphatic hydroxyl groups is 1. The van der Waals surface area contributed by atoms with Crippen molar-refractivity contribution in [2.24, 2.45) is 0 Å². The lowest BCUT2D eigenvalue weighted by molar-refractivity contribution is -0.134. The number of hydrogen-bond donors (Lipinski definition) is 1. The third-order valence-corrected chi connectivity index (χ3v) is 1.79. The van der Waals surface area contributed by atoms with Crippen LogP contribution in [-0.4, -0.2) is 24.3 Å². The molecule has 0 aliphatic carbocycles. The van der Waals surface area contributed by atoms with Gasteiger partial charge in [-0.25, -0.2) is 0 Å². The quantitative estimate of drug-likeness (QED) is 0.448. The zero-order valence-electron chi connectivity index (χ0n) is 7.66. The van der Waals surface area contributed by atoms with Gasteiger partial charge in [-0.1, -0.05) is 13.3 Å². The SMILES string of the molecule is CCCC(CCCCO)OC=O. The Hall–Kier alpha value is -0.570. The maximum absolute atomic E-state index is 10.1. The highest BCUT2D eigenvalue weighted by Crippen LogP contribution is 2.09. The fourth-order valence-electron chi connectivity index (χ4n) is 1.16. The van der Waals surface area contributed by atoms with Crippen LogP contribution in [0.2, 0.25) is 0 Å². The Morgan fingerprint density at radius 1 is 1.42 bits per heavy atom. The van der Waals surface area contributed by atoms with E-state index in [0.717, 1.165) is 32.1 Å². The van der Waals surface area contributed by atoms with Crippen LogP contribution in [0.3, 0.4) is 0 Å². The number of carbonyl (C=O) groups excluding carboxylic acids is 1. The first-order valence-electron chi connectivity index (χ1n) is 4.55. The summed E-state index contributed by atoms with van der Waals surface area (Å²) in [5.74, 6) is 0. The zero-order valence-corrected chi connectivity index (χ0v) is 7.66. The second kappa shape index (κ2) is 8.53. The van der Waals surface area contributed by atoms with Crippen molar-refractivity contribution in [3.05, 3.63) is 0 Å². The van der Waals surface area contributed by atoms with Crippen LogP contribution in [0.1, 0.15) is 39.0 Å². The molecular weight excluding hydrogens is 156 g/mol. The highest BCUT2D eigenvalue weighted by molar-refractivity contribution is 5.37. The van der Waals surface area contributed by atoms with Crippen molar-refractivity contribution in [1.82, 2.24) is 0 Å². The lowest BCUT2D eigenvalue weighted by Crippen LogP contribution is -2.11. The molecule has 3 nitrogen and oxygen atoms in total. The van der Waals surface area contributed by atoms with Crippen LogP contribution in [0.5, 0.6) is 0 Å². The molecule has 12 heavy (non-hydrogen) atoms. The van der Waals surface area contributed by atoms with Crippen molar-refractivity contribution in [3.8, 4) is 0 Å². The molecular formula is C9H18O3. The van der Waals surface area contributed by atoms with Crippen LogP contribution in [0.4, 0.5) is 0 Å². The molecule has 1 N–H and O–H groups in total. The Bertz CT molecular complexity index is 104. The number of rotatable bonds is 8. The predicted octanol–water partition coefficient (Wildman–Crippen LogP) is 1.49. The first-order chi connectivity index (χ1) is 5.85. The summed E-state index contributed by atoms with van der Waals surface area (Å²) in [5.41, 5.74) is 0. The maximum Gasteiger partial charge on any atom is 0.293 e. The van der Waals surface area contributed by atoms with E-state index in [0.29, 0.717) is 6.47 Å². The van der Waals surface area contributed by atoms with Gasteiger partial charge in [0.2, 0.25) is 0 Å². The summed E-state index contributed by atoms with van der Waals surface area (Å²) in [7, 11) is 0. The van der Waals surface area contributed by atoms with Gasteiger partial charge in [-0.3, -0.25) is 4.79 Å². The Labute approximate surface area is 73.7 Å². The van der Waals surface area contributed by atoms with Crippen molar-refractivity contribution in [3.63, 3.8) is 0 Å². The predicted molar refractivity (Wildman–Crippen MR) is 46.8 cm³/mol. The molecule has 0 amide bonds. The van der Waals surface area contributed by atoms with Crippen LogP contribution < -0.4 is 0 Å². The van der Waals surface area contributed by atoms with Gasteiger partial charge in [0.05, 0.1) is 0 Å². The highest BCUT2D eigenvalue weighted by Gasteiger charge is 2.06. The maximum atomic E-state index is 10.1. The second-order valence-corrected chi connectivity index (χ2v) is 2.86. The number of ether oxygens (including phenoxy) is 1. The van der Waals surface area contributed by atoms with Crippen LogP contribution >= 0.6 is 0 Å². The molecule has 0 rings (SSSR count). The third kappa shape index (κ3) is 6.16. The minimum Gasteiger partial charge on any atom is -0.465 e. The molecule has 0 aliphatic heterocycles. The van der Waals surface area contributed by atoms with Gasteiger partial charge >= 0.3 is 0 Å².